The van der Waals surface area contributed by atoms with E-state index in [0.29, 0.717) is 44.8 Å². The number of hydrogen-bond donors (Lipinski definition) is 1. The van der Waals surface area contributed by atoms with E-state index < -0.39 is 5.60 Å². The van der Waals surface area contributed by atoms with Gasteiger partial charge < -0.3 is 24.6 Å². The molecule has 2 fully saturated rings. The molecule has 3 heterocycles. The number of amides is 1. The maximum atomic E-state index is 12.7. The minimum atomic E-state index is -0.419. The van der Waals surface area contributed by atoms with Crippen LogP contribution in [0, 0.1) is 11.3 Å². The molecule has 2 aliphatic heterocycles. The van der Waals surface area contributed by atoms with E-state index in [9.17, 15) is 4.79 Å². The van der Waals surface area contributed by atoms with Crippen molar-refractivity contribution in [2.45, 2.75) is 37.4 Å². The summed E-state index contributed by atoms with van der Waals surface area (Å²) in [6, 6.07) is 5.60. The molecule has 0 radical (unpaired) electrons. The standard InChI is InChI=1S/C21H31N5O3/c1-25(2)9-3-4-20(27)26-10-11-28-16-21(15-26)8-7-18(29-21)14-24-19-6-5-17(12-22)13-23-19/h5-6,13,18H,3-4,7-11,14-16H2,1-2H3,(H,23,24)/t18-,21+/m0/s1. The average molecular weight is 402 g/mol. The van der Waals surface area contributed by atoms with Gasteiger partial charge >= 0.3 is 0 Å². The van der Waals surface area contributed by atoms with Gasteiger partial charge in [-0.15, -0.1) is 0 Å². The van der Waals surface area contributed by atoms with Crippen molar-refractivity contribution in [3.8, 4) is 6.07 Å². The van der Waals surface area contributed by atoms with Crippen molar-refractivity contribution in [2.24, 2.45) is 0 Å². The topological polar surface area (TPSA) is 90.7 Å². The molecular formula is C21H31N5O3. The molecule has 0 saturated carbocycles. The van der Waals surface area contributed by atoms with E-state index in [1.807, 2.05) is 19.0 Å². The molecule has 1 N–H and O–H groups in total. The fraction of sp³-hybridized carbons (Fsp3) is 0.667. The number of ether oxygens (including phenoxy) is 2. The maximum absolute atomic E-state index is 12.7. The van der Waals surface area contributed by atoms with Gasteiger partial charge in [-0.05, 0) is 52.0 Å². The quantitative estimate of drug-likeness (QED) is 0.740. The number of hydrogen-bond acceptors (Lipinski definition) is 7. The second-order valence-electron chi connectivity index (χ2n) is 8.16. The van der Waals surface area contributed by atoms with Crippen LogP contribution in [0.3, 0.4) is 0 Å². The minimum Gasteiger partial charge on any atom is -0.377 e. The van der Waals surface area contributed by atoms with Crippen LogP contribution in [0.25, 0.3) is 0 Å². The molecule has 1 spiro atoms. The van der Waals surface area contributed by atoms with Crippen molar-refractivity contribution in [1.82, 2.24) is 14.8 Å². The molecule has 158 valence electrons. The van der Waals surface area contributed by atoms with Gasteiger partial charge in [-0.2, -0.15) is 5.26 Å². The van der Waals surface area contributed by atoms with Crippen molar-refractivity contribution in [3.05, 3.63) is 23.9 Å². The van der Waals surface area contributed by atoms with Crippen LogP contribution >= 0.6 is 0 Å². The molecule has 29 heavy (non-hydrogen) atoms. The molecule has 2 atom stereocenters. The lowest BCUT2D eigenvalue weighted by Crippen LogP contribution is -2.47. The van der Waals surface area contributed by atoms with Gasteiger partial charge in [-0.3, -0.25) is 4.79 Å². The van der Waals surface area contributed by atoms with Crippen LogP contribution in [0.1, 0.15) is 31.2 Å². The number of anilines is 1. The Morgan fingerprint density at radius 1 is 1.48 bits per heavy atom. The van der Waals surface area contributed by atoms with E-state index >= 15 is 0 Å². The number of nitriles is 1. The second kappa shape index (κ2) is 10.0. The summed E-state index contributed by atoms with van der Waals surface area (Å²) in [4.78, 5) is 20.9. The van der Waals surface area contributed by atoms with Crippen LogP contribution in [0.4, 0.5) is 5.82 Å². The lowest BCUT2D eigenvalue weighted by Gasteiger charge is -2.32. The SMILES string of the molecule is CN(C)CCCC(=O)N1CCOC[C@@]2(CC[C@@H](CNc3ccc(C#N)cn3)O2)C1. The van der Waals surface area contributed by atoms with Crippen LogP contribution in [0.5, 0.6) is 0 Å². The Labute approximate surface area is 172 Å². The molecule has 8 heteroatoms. The summed E-state index contributed by atoms with van der Waals surface area (Å²) in [5.41, 5.74) is 0.121. The zero-order valence-electron chi connectivity index (χ0n) is 17.4. The fourth-order valence-electron chi connectivity index (χ4n) is 3.87. The molecule has 0 unspecified atom stereocenters. The highest BCUT2D eigenvalue weighted by Crippen LogP contribution is 2.33. The molecule has 1 aromatic heterocycles. The van der Waals surface area contributed by atoms with Crippen LogP contribution in [0.2, 0.25) is 0 Å². The summed E-state index contributed by atoms with van der Waals surface area (Å²) >= 11 is 0. The van der Waals surface area contributed by atoms with Crippen LogP contribution < -0.4 is 5.32 Å². The van der Waals surface area contributed by atoms with E-state index in [2.05, 4.69) is 21.3 Å². The highest BCUT2D eigenvalue weighted by molar-refractivity contribution is 5.76. The van der Waals surface area contributed by atoms with Gasteiger partial charge in [0.25, 0.3) is 0 Å². The highest BCUT2D eigenvalue weighted by atomic mass is 16.6. The highest BCUT2D eigenvalue weighted by Gasteiger charge is 2.43. The molecule has 3 rings (SSSR count). The zero-order chi connectivity index (χ0) is 20.7. The molecular weight excluding hydrogens is 370 g/mol. The zero-order valence-corrected chi connectivity index (χ0v) is 17.4. The first-order chi connectivity index (χ1) is 14.0. The monoisotopic (exact) mass is 401 g/mol. The van der Waals surface area contributed by atoms with Crippen molar-refractivity contribution in [3.63, 3.8) is 0 Å². The first-order valence-corrected chi connectivity index (χ1v) is 10.3. The normalized spacial score (nSPS) is 24.5. The molecule has 2 aliphatic rings. The molecule has 1 amide bonds. The molecule has 0 bridgehead atoms. The number of aromatic nitrogens is 1. The van der Waals surface area contributed by atoms with Gasteiger partial charge in [0.1, 0.15) is 17.5 Å². The lowest BCUT2D eigenvalue weighted by molar-refractivity contribution is -0.136. The summed E-state index contributed by atoms with van der Waals surface area (Å²) < 4.78 is 12.2. The van der Waals surface area contributed by atoms with Crippen molar-refractivity contribution in [1.29, 1.82) is 5.26 Å². The predicted molar refractivity (Wildman–Crippen MR) is 109 cm³/mol. The van der Waals surface area contributed by atoms with Crippen LogP contribution in [0.15, 0.2) is 18.3 Å². The number of pyridine rings is 1. The second-order valence-corrected chi connectivity index (χ2v) is 8.16. The first kappa shape index (κ1) is 21.5. The largest absolute Gasteiger partial charge is 0.377 e. The summed E-state index contributed by atoms with van der Waals surface area (Å²) in [7, 11) is 4.04. The smallest absolute Gasteiger partial charge is 0.222 e. The Bertz CT molecular complexity index is 718. The Kier molecular flexibility index (Phi) is 7.42. The van der Waals surface area contributed by atoms with E-state index in [0.717, 1.165) is 31.6 Å². The van der Waals surface area contributed by atoms with Crippen molar-refractivity contribution >= 4 is 11.7 Å². The molecule has 0 aromatic carbocycles. The van der Waals surface area contributed by atoms with Gasteiger partial charge in [0.05, 0.1) is 31.4 Å². The Morgan fingerprint density at radius 3 is 3.07 bits per heavy atom. The van der Waals surface area contributed by atoms with Gasteiger partial charge in [-0.25, -0.2) is 4.98 Å². The van der Waals surface area contributed by atoms with Gasteiger partial charge in [0.2, 0.25) is 5.91 Å². The Balaban J connectivity index is 1.51. The van der Waals surface area contributed by atoms with E-state index in [1.54, 1.807) is 18.3 Å². The fourth-order valence-corrected chi connectivity index (χ4v) is 3.87. The van der Waals surface area contributed by atoms with Crippen LogP contribution in [-0.2, 0) is 14.3 Å². The number of carbonyl (C=O) groups excluding carboxylic acids is 1. The third-order valence-electron chi connectivity index (χ3n) is 5.44. The Morgan fingerprint density at radius 2 is 2.34 bits per heavy atom. The van der Waals surface area contributed by atoms with Crippen molar-refractivity contribution in [2.75, 3.05) is 58.8 Å². The lowest BCUT2D eigenvalue weighted by atomic mass is 10.00. The number of nitrogens with one attached hydrogen (secondary N) is 1. The van der Waals surface area contributed by atoms with E-state index in [4.69, 9.17) is 14.7 Å². The molecule has 0 aliphatic carbocycles. The number of carbonyl (C=O) groups is 1. The summed E-state index contributed by atoms with van der Waals surface area (Å²) in [5.74, 6) is 0.909. The summed E-state index contributed by atoms with van der Waals surface area (Å²) in [5, 5.41) is 12.1. The minimum absolute atomic E-state index is 0.0415. The third kappa shape index (κ3) is 6.13. The Hall–Kier alpha value is -2.21. The molecule has 2 saturated heterocycles. The van der Waals surface area contributed by atoms with Gasteiger partial charge in [-0.1, -0.05) is 0 Å². The summed E-state index contributed by atoms with van der Waals surface area (Å²) in [6.45, 7) is 3.86. The van der Waals surface area contributed by atoms with Gasteiger partial charge in [0.15, 0.2) is 0 Å². The molecule has 1 aromatic rings. The first-order valence-electron chi connectivity index (χ1n) is 10.3. The van der Waals surface area contributed by atoms with E-state index in [1.165, 1.54) is 0 Å². The number of nitrogens with zero attached hydrogens (tertiary/aromatic N) is 4. The van der Waals surface area contributed by atoms with Crippen LogP contribution in [-0.4, -0.2) is 85.9 Å². The van der Waals surface area contributed by atoms with Crippen molar-refractivity contribution < 1.29 is 14.3 Å². The van der Waals surface area contributed by atoms with E-state index in [-0.39, 0.29) is 12.0 Å². The third-order valence-corrected chi connectivity index (χ3v) is 5.44. The molecule has 8 nitrogen and oxygen atoms in total. The maximum Gasteiger partial charge on any atom is 0.222 e. The summed E-state index contributed by atoms with van der Waals surface area (Å²) in [6.07, 6.45) is 4.81. The number of rotatable bonds is 7. The average Bonchev–Trinajstić information content (AvgIpc) is 2.98. The van der Waals surface area contributed by atoms with Gasteiger partial charge in [0, 0.05) is 25.7 Å². The predicted octanol–water partition coefficient (Wildman–Crippen LogP) is 1.48.